The van der Waals surface area contributed by atoms with Gasteiger partial charge in [0.25, 0.3) is 0 Å². The first-order valence-electron chi connectivity index (χ1n) is 10.4. The van der Waals surface area contributed by atoms with Crippen LogP contribution in [0.5, 0.6) is 0 Å². The van der Waals surface area contributed by atoms with Crippen molar-refractivity contribution in [2.45, 2.75) is 26.7 Å². The van der Waals surface area contributed by atoms with Crippen LogP contribution in [0.4, 0.5) is 17.2 Å². The van der Waals surface area contributed by atoms with Gasteiger partial charge in [-0.2, -0.15) is 0 Å². The van der Waals surface area contributed by atoms with E-state index in [0.29, 0.717) is 27.9 Å². The molecule has 6 nitrogen and oxygen atoms in total. The van der Waals surface area contributed by atoms with E-state index in [4.69, 9.17) is 16.6 Å². The van der Waals surface area contributed by atoms with Gasteiger partial charge in [-0.1, -0.05) is 48.9 Å². The minimum atomic E-state index is -0.364. The third-order valence-electron chi connectivity index (χ3n) is 5.29. The van der Waals surface area contributed by atoms with Crippen LogP contribution in [0.3, 0.4) is 0 Å². The van der Waals surface area contributed by atoms with Crippen molar-refractivity contribution in [3.05, 3.63) is 82.5 Å². The number of fused-ring (bicyclic) bond motifs is 1. The van der Waals surface area contributed by atoms with Crippen molar-refractivity contribution in [3.8, 4) is 0 Å². The summed E-state index contributed by atoms with van der Waals surface area (Å²) in [4.78, 5) is 36.4. The van der Waals surface area contributed by atoms with E-state index < -0.39 is 0 Å². The predicted molar refractivity (Wildman–Crippen MR) is 128 cm³/mol. The summed E-state index contributed by atoms with van der Waals surface area (Å²) in [5.74, 6) is -0.245. The lowest BCUT2D eigenvalue weighted by Gasteiger charge is -2.21. The zero-order valence-electron chi connectivity index (χ0n) is 17.9. The number of aliphatic imine (C=N–C) groups is 1. The van der Waals surface area contributed by atoms with Crippen LogP contribution in [-0.4, -0.2) is 29.1 Å². The van der Waals surface area contributed by atoms with Crippen molar-refractivity contribution in [3.63, 3.8) is 0 Å². The second-order valence-electron chi connectivity index (χ2n) is 7.64. The van der Waals surface area contributed by atoms with Crippen molar-refractivity contribution >= 4 is 46.3 Å². The summed E-state index contributed by atoms with van der Waals surface area (Å²) in [5.41, 5.74) is 4.78. The molecule has 4 rings (SSSR count). The molecule has 1 aliphatic rings. The van der Waals surface area contributed by atoms with Crippen molar-refractivity contribution in [2.75, 3.05) is 16.8 Å². The Bertz CT molecular complexity index is 1200. The van der Waals surface area contributed by atoms with Crippen molar-refractivity contribution in [1.82, 2.24) is 4.98 Å². The minimum Gasteiger partial charge on any atom is -0.323 e. The van der Waals surface area contributed by atoms with E-state index >= 15 is 0 Å². The van der Waals surface area contributed by atoms with E-state index in [9.17, 15) is 9.59 Å². The number of amides is 2. The molecule has 1 aromatic heterocycles. The highest BCUT2D eigenvalue weighted by molar-refractivity contribution is 6.33. The molecule has 2 heterocycles. The number of benzene rings is 2. The highest BCUT2D eigenvalue weighted by Gasteiger charge is 2.28. The molecule has 0 unspecified atom stereocenters. The number of hydrogen-bond acceptors (Lipinski definition) is 4. The average Bonchev–Trinajstić information content (AvgIpc) is 2.92. The third kappa shape index (κ3) is 4.70. The average molecular weight is 447 g/mol. The van der Waals surface area contributed by atoms with Crippen LogP contribution in [0.25, 0.3) is 0 Å². The number of carbonyl (C=O) groups is 2. The molecule has 0 saturated carbocycles. The molecule has 0 bridgehead atoms. The molecule has 7 heteroatoms. The smallest absolute Gasteiger partial charge is 0.244 e. The fraction of sp³-hybridized carbons (Fsp3) is 0.200. The van der Waals surface area contributed by atoms with E-state index in [1.54, 1.807) is 30.5 Å². The Kier molecular flexibility index (Phi) is 6.32. The first-order chi connectivity index (χ1) is 15.4. The Balaban J connectivity index is 1.60. The number of aryl methyl sites for hydroxylation is 2. The lowest BCUT2D eigenvalue weighted by molar-refractivity contribution is -0.120. The summed E-state index contributed by atoms with van der Waals surface area (Å²) >= 11 is 6.23. The molecule has 3 aromatic rings. The van der Waals surface area contributed by atoms with Gasteiger partial charge in [-0.3, -0.25) is 14.5 Å². The van der Waals surface area contributed by atoms with Crippen LogP contribution >= 0.6 is 11.6 Å². The standard InChI is InChI=1S/C25H23ClN4O2/c1-3-17-7-9-18(10-8-17)22-14-24(32)30(25-21(28-22)5-4-12-27-25)15-23(31)29-20-11-6-16(2)13-19(20)26/h4-13H,3,14-15H2,1-2H3,(H,29,31). The summed E-state index contributed by atoms with van der Waals surface area (Å²) in [6, 6.07) is 17.0. The maximum absolute atomic E-state index is 13.2. The SMILES string of the molecule is CCc1ccc(C2=Nc3cccnc3N(CC(=O)Nc3ccc(C)cc3Cl)C(=O)C2)cc1. The molecular weight excluding hydrogens is 424 g/mol. The molecule has 2 amide bonds. The molecule has 0 fully saturated rings. The number of aromatic nitrogens is 1. The van der Waals surface area contributed by atoms with Crippen LogP contribution in [0, 0.1) is 6.92 Å². The molecule has 0 spiro atoms. The molecule has 0 saturated heterocycles. The van der Waals surface area contributed by atoms with Crippen molar-refractivity contribution in [2.24, 2.45) is 4.99 Å². The number of nitrogens with zero attached hydrogens (tertiary/aromatic N) is 3. The lowest BCUT2D eigenvalue weighted by Crippen LogP contribution is -2.39. The topological polar surface area (TPSA) is 74.7 Å². The van der Waals surface area contributed by atoms with E-state index in [0.717, 1.165) is 17.5 Å². The van der Waals surface area contributed by atoms with Crippen LogP contribution in [-0.2, 0) is 16.0 Å². The lowest BCUT2D eigenvalue weighted by atomic mass is 10.0. The number of pyridine rings is 1. The van der Waals surface area contributed by atoms with E-state index in [2.05, 4.69) is 17.2 Å². The molecule has 162 valence electrons. The van der Waals surface area contributed by atoms with Crippen molar-refractivity contribution in [1.29, 1.82) is 0 Å². The van der Waals surface area contributed by atoms with Crippen LogP contribution in [0.1, 0.15) is 30.0 Å². The van der Waals surface area contributed by atoms with E-state index in [1.165, 1.54) is 10.5 Å². The first kappa shape index (κ1) is 21.7. The summed E-state index contributed by atoms with van der Waals surface area (Å²) in [6.07, 6.45) is 2.59. The molecular formula is C25H23ClN4O2. The Morgan fingerprint density at radius 2 is 1.94 bits per heavy atom. The van der Waals surface area contributed by atoms with Gasteiger partial charge in [0.05, 0.1) is 22.8 Å². The Hall–Kier alpha value is -3.51. The second kappa shape index (κ2) is 9.32. The molecule has 1 N–H and O–H groups in total. The zero-order chi connectivity index (χ0) is 22.7. The molecule has 0 radical (unpaired) electrons. The maximum Gasteiger partial charge on any atom is 0.244 e. The zero-order valence-corrected chi connectivity index (χ0v) is 18.7. The van der Waals surface area contributed by atoms with Gasteiger partial charge in [-0.25, -0.2) is 9.98 Å². The predicted octanol–water partition coefficient (Wildman–Crippen LogP) is 5.10. The van der Waals surface area contributed by atoms with Gasteiger partial charge < -0.3 is 5.32 Å². The van der Waals surface area contributed by atoms with Gasteiger partial charge in [0.15, 0.2) is 5.82 Å². The van der Waals surface area contributed by atoms with Gasteiger partial charge >= 0.3 is 0 Å². The molecule has 0 atom stereocenters. The second-order valence-corrected chi connectivity index (χ2v) is 8.05. The van der Waals surface area contributed by atoms with Gasteiger partial charge in [-0.15, -0.1) is 0 Å². The monoisotopic (exact) mass is 446 g/mol. The van der Waals surface area contributed by atoms with Crippen LogP contribution < -0.4 is 10.2 Å². The van der Waals surface area contributed by atoms with Gasteiger partial charge in [-0.05, 0) is 54.3 Å². The summed E-state index contributed by atoms with van der Waals surface area (Å²) in [5, 5.41) is 3.23. The van der Waals surface area contributed by atoms with Gasteiger partial charge in [0.1, 0.15) is 12.2 Å². The quantitative estimate of drug-likeness (QED) is 0.592. The summed E-state index contributed by atoms with van der Waals surface area (Å²) < 4.78 is 0. The normalized spacial score (nSPS) is 13.3. The highest BCUT2D eigenvalue weighted by Crippen LogP contribution is 2.31. The van der Waals surface area contributed by atoms with Crippen LogP contribution in [0.15, 0.2) is 65.8 Å². The van der Waals surface area contributed by atoms with Crippen LogP contribution in [0.2, 0.25) is 5.02 Å². The summed E-state index contributed by atoms with van der Waals surface area (Å²) in [6.45, 7) is 3.82. The number of nitrogens with one attached hydrogen (secondary N) is 1. The molecule has 2 aromatic carbocycles. The molecule has 1 aliphatic heterocycles. The van der Waals surface area contributed by atoms with Crippen molar-refractivity contribution < 1.29 is 9.59 Å². The number of anilines is 2. The van der Waals surface area contributed by atoms with Gasteiger partial charge in [0, 0.05) is 6.20 Å². The number of halogens is 1. The van der Waals surface area contributed by atoms with E-state index in [1.807, 2.05) is 37.3 Å². The fourth-order valence-corrected chi connectivity index (χ4v) is 3.83. The number of carbonyl (C=O) groups excluding carboxylic acids is 2. The maximum atomic E-state index is 13.2. The van der Waals surface area contributed by atoms with Gasteiger partial charge in [0.2, 0.25) is 11.8 Å². The van der Waals surface area contributed by atoms with E-state index in [-0.39, 0.29) is 24.8 Å². The summed E-state index contributed by atoms with van der Waals surface area (Å²) in [7, 11) is 0. The third-order valence-corrected chi connectivity index (χ3v) is 5.61. The Labute approximate surface area is 192 Å². The molecule has 0 aliphatic carbocycles. The largest absolute Gasteiger partial charge is 0.323 e. The minimum absolute atomic E-state index is 0.0698. The number of rotatable bonds is 5. The molecule has 32 heavy (non-hydrogen) atoms. The number of hydrogen-bond donors (Lipinski definition) is 1. The first-order valence-corrected chi connectivity index (χ1v) is 10.8. The Morgan fingerprint density at radius 1 is 1.16 bits per heavy atom. The highest BCUT2D eigenvalue weighted by atomic mass is 35.5. The Morgan fingerprint density at radius 3 is 2.66 bits per heavy atom. The fourth-order valence-electron chi connectivity index (χ4n) is 3.54.